The van der Waals surface area contributed by atoms with Gasteiger partial charge < -0.3 is 25.5 Å². The summed E-state index contributed by atoms with van der Waals surface area (Å²) in [7, 11) is 5.00. The Morgan fingerprint density at radius 3 is 0.159 bits per heavy atom. The second kappa shape index (κ2) is 65.5. The monoisotopic (exact) mass is 637 g/mol. The average molecular weight is 637 g/mol. The predicted octanol–water partition coefficient (Wildman–Crippen LogP) is 11.3. The van der Waals surface area contributed by atoms with Gasteiger partial charge in [-0.25, -0.2) is 0 Å². The molecule has 5 nitrogen and oxygen atoms in total. The van der Waals surface area contributed by atoms with Crippen molar-refractivity contribution in [1.82, 2.24) is 0 Å². The Hall–Kier alpha value is -0.200. The first kappa shape index (κ1) is 53.3. The van der Waals surface area contributed by atoms with Crippen molar-refractivity contribution in [3.8, 4) is 0 Å². The maximum Gasteiger partial charge on any atom is 0.0319 e. The maximum atomic E-state index is 7.00. The quantitative estimate of drug-likeness (QED) is 0.182. The number of rotatable bonds is 0. The summed E-state index contributed by atoms with van der Waals surface area (Å²) in [5.41, 5.74) is 0. The van der Waals surface area contributed by atoms with E-state index in [-0.39, 0.29) is 0 Å². The van der Waals surface area contributed by atoms with Gasteiger partial charge in [-0.1, -0.05) is 218 Å². The summed E-state index contributed by atoms with van der Waals surface area (Å²) in [6, 6.07) is 0. The lowest BCUT2D eigenvalue weighted by Crippen LogP contribution is -1.85. The van der Waals surface area contributed by atoms with E-state index in [0.29, 0.717) is 0 Å². The standard InChI is InChI=1S/C34H68.5CH4O/c1-2-4-6-8-10-12-14-16-18-20-22-24-26-28-30-32-34-33-31-29-27-25-23-21-19-17-15-13-11-9-7-5-3-1;5*1-2/h1-34H2;5*2H,1H3. The highest BCUT2D eigenvalue weighted by molar-refractivity contribution is 4.53. The zero-order valence-corrected chi connectivity index (χ0v) is 31.3. The van der Waals surface area contributed by atoms with Crippen molar-refractivity contribution in [2.24, 2.45) is 0 Å². The largest absolute Gasteiger partial charge is 0.400 e. The van der Waals surface area contributed by atoms with Gasteiger partial charge >= 0.3 is 0 Å². The smallest absolute Gasteiger partial charge is 0.0319 e. The summed E-state index contributed by atoms with van der Waals surface area (Å²) in [5.74, 6) is 0. The van der Waals surface area contributed by atoms with Crippen LogP contribution in [0.25, 0.3) is 0 Å². The van der Waals surface area contributed by atoms with Crippen LogP contribution in [0.2, 0.25) is 0 Å². The highest BCUT2D eigenvalue weighted by Crippen LogP contribution is 2.18. The van der Waals surface area contributed by atoms with Crippen LogP contribution in [0.5, 0.6) is 0 Å². The van der Waals surface area contributed by atoms with Crippen LogP contribution in [0.4, 0.5) is 0 Å². The summed E-state index contributed by atoms with van der Waals surface area (Å²) >= 11 is 0. The van der Waals surface area contributed by atoms with Crippen LogP contribution < -0.4 is 0 Å². The van der Waals surface area contributed by atoms with Crippen molar-refractivity contribution in [3.63, 3.8) is 0 Å². The molecule has 0 atom stereocenters. The Balaban J connectivity index is -0.000000457. The Morgan fingerprint density at radius 2 is 0.136 bits per heavy atom. The van der Waals surface area contributed by atoms with Gasteiger partial charge in [-0.3, -0.25) is 0 Å². The highest BCUT2D eigenvalue weighted by atomic mass is 16.2. The molecule has 274 valence electrons. The molecule has 0 heterocycles. The minimum atomic E-state index is 1.00. The first-order chi connectivity index (χ1) is 22.0. The second-order valence-electron chi connectivity index (χ2n) is 12.0. The van der Waals surface area contributed by atoms with Gasteiger partial charge in [0, 0.05) is 35.5 Å². The SMILES string of the molecule is C1CCCCCCCCCCCCCCCCCCCCCCCCCCCCCCCCC1.CO.CO.CO.CO.CO. The highest BCUT2D eigenvalue weighted by Gasteiger charge is 1.98. The lowest BCUT2D eigenvalue weighted by atomic mass is 10.0. The Bertz CT molecular complexity index is 195. The molecule has 0 spiro atoms. The number of hydrogen-bond donors (Lipinski definition) is 5. The van der Waals surface area contributed by atoms with E-state index < -0.39 is 0 Å². The van der Waals surface area contributed by atoms with Crippen molar-refractivity contribution in [3.05, 3.63) is 0 Å². The zero-order valence-electron chi connectivity index (χ0n) is 31.3. The van der Waals surface area contributed by atoms with Crippen LogP contribution in [0, 0.1) is 0 Å². The van der Waals surface area contributed by atoms with Gasteiger partial charge in [-0.15, -0.1) is 0 Å². The van der Waals surface area contributed by atoms with Gasteiger partial charge in [-0.05, 0) is 0 Å². The predicted molar refractivity (Wildman–Crippen MR) is 198 cm³/mol. The molecule has 1 saturated carbocycles. The van der Waals surface area contributed by atoms with Crippen LogP contribution in [0.15, 0.2) is 0 Å². The number of aliphatic hydroxyl groups is 5. The zero-order chi connectivity index (χ0) is 34.0. The molecule has 0 aromatic carbocycles. The fourth-order valence-corrected chi connectivity index (χ4v) is 6.01. The van der Waals surface area contributed by atoms with E-state index >= 15 is 0 Å². The van der Waals surface area contributed by atoms with Gasteiger partial charge in [0.05, 0.1) is 0 Å². The average Bonchev–Trinajstić information content (AvgIpc) is 3.10. The molecule has 1 aliphatic carbocycles. The lowest BCUT2D eigenvalue weighted by molar-refractivity contribution is 0.399. The molecule has 5 N–H and O–H groups in total. The third kappa shape index (κ3) is 60.9. The van der Waals surface area contributed by atoms with Gasteiger partial charge in [0.25, 0.3) is 0 Å². The minimum absolute atomic E-state index is 1.00. The van der Waals surface area contributed by atoms with Gasteiger partial charge in [0.15, 0.2) is 0 Å². The molecule has 0 saturated heterocycles. The Kier molecular flexibility index (Phi) is 79.3. The number of hydrogen-bond acceptors (Lipinski definition) is 5. The maximum absolute atomic E-state index is 7.00. The van der Waals surface area contributed by atoms with E-state index in [1.165, 1.54) is 218 Å². The first-order valence-electron chi connectivity index (χ1n) is 19.2. The summed E-state index contributed by atoms with van der Waals surface area (Å²) in [5, 5.41) is 35.0. The van der Waals surface area contributed by atoms with Crippen LogP contribution >= 0.6 is 0 Å². The van der Waals surface area contributed by atoms with Crippen LogP contribution in [0.1, 0.15) is 218 Å². The van der Waals surface area contributed by atoms with E-state index in [0.717, 1.165) is 35.5 Å². The third-order valence-electron chi connectivity index (χ3n) is 8.50. The van der Waals surface area contributed by atoms with E-state index in [9.17, 15) is 0 Å². The first-order valence-corrected chi connectivity index (χ1v) is 19.2. The van der Waals surface area contributed by atoms with Crippen molar-refractivity contribution < 1.29 is 25.5 Å². The van der Waals surface area contributed by atoms with Gasteiger partial charge in [0.1, 0.15) is 0 Å². The molecule has 0 aromatic heterocycles. The van der Waals surface area contributed by atoms with Crippen molar-refractivity contribution in [1.29, 1.82) is 0 Å². The molecular formula is C39H88O5. The summed E-state index contributed by atoms with van der Waals surface area (Å²) in [6.45, 7) is 0. The van der Waals surface area contributed by atoms with E-state index in [4.69, 9.17) is 25.5 Å². The van der Waals surface area contributed by atoms with Gasteiger partial charge in [-0.2, -0.15) is 0 Å². The Morgan fingerprint density at radius 1 is 0.114 bits per heavy atom. The molecule has 1 fully saturated rings. The molecule has 1 aliphatic rings. The van der Waals surface area contributed by atoms with Crippen LogP contribution in [0.3, 0.4) is 0 Å². The van der Waals surface area contributed by atoms with Crippen molar-refractivity contribution in [2.45, 2.75) is 218 Å². The summed E-state index contributed by atoms with van der Waals surface area (Å²) < 4.78 is 0. The normalized spacial score (nSPS) is 19.2. The topological polar surface area (TPSA) is 101 Å². The second-order valence-corrected chi connectivity index (χ2v) is 12.0. The molecular weight excluding hydrogens is 548 g/mol. The van der Waals surface area contributed by atoms with Crippen molar-refractivity contribution in [2.75, 3.05) is 35.5 Å². The van der Waals surface area contributed by atoms with E-state index in [1.807, 2.05) is 0 Å². The summed E-state index contributed by atoms with van der Waals surface area (Å²) in [4.78, 5) is 0. The molecule has 0 unspecified atom stereocenters. The number of aliphatic hydroxyl groups excluding tert-OH is 5. The molecule has 0 bridgehead atoms. The molecule has 0 aromatic rings. The van der Waals surface area contributed by atoms with Crippen LogP contribution in [-0.4, -0.2) is 61.1 Å². The fourth-order valence-electron chi connectivity index (χ4n) is 6.01. The molecule has 44 heavy (non-hydrogen) atoms. The Labute approximate surface area is 279 Å². The lowest BCUT2D eigenvalue weighted by Gasteiger charge is -2.05. The summed E-state index contributed by atoms with van der Waals surface area (Å²) in [6.07, 6.45) is 51.0. The minimum Gasteiger partial charge on any atom is -0.400 e. The molecule has 0 radical (unpaired) electrons. The molecule has 1 rings (SSSR count). The fraction of sp³-hybridized carbons (Fsp3) is 1.00. The molecule has 0 aliphatic heterocycles. The van der Waals surface area contributed by atoms with Gasteiger partial charge in [0.2, 0.25) is 0 Å². The third-order valence-corrected chi connectivity index (χ3v) is 8.50. The van der Waals surface area contributed by atoms with E-state index in [1.54, 1.807) is 0 Å². The van der Waals surface area contributed by atoms with E-state index in [2.05, 4.69) is 0 Å². The molecule has 0 amide bonds. The van der Waals surface area contributed by atoms with Crippen molar-refractivity contribution >= 4 is 0 Å². The van der Waals surface area contributed by atoms with Crippen LogP contribution in [-0.2, 0) is 0 Å². The molecule has 5 heteroatoms.